The number of hydrogen-bond acceptors (Lipinski definition) is 3. The molecule has 0 spiro atoms. The molecular weight excluding hydrogens is 202 g/mol. The lowest BCUT2D eigenvalue weighted by Crippen LogP contribution is -2.45. The van der Waals surface area contributed by atoms with E-state index in [0.29, 0.717) is 6.04 Å². The number of aliphatic hydroxyl groups is 1. The molecule has 0 aliphatic carbocycles. The van der Waals surface area contributed by atoms with Crippen LogP contribution in [0, 0.1) is 0 Å². The smallest absolute Gasteiger partial charge is 0.0789 e. The minimum Gasteiger partial charge on any atom is -0.393 e. The summed E-state index contributed by atoms with van der Waals surface area (Å²) >= 11 is 0. The summed E-state index contributed by atoms with van der Waals surface area (Å²) in [6.45, 7) is 11.4. The zero-order chi connectivity index (χ0) is 12.6. The number of rotatable bonds is 4. The maximum Gasteiger partial charge on any atom is 0.0789 e. The molecule has 3 nitrogen and oxygen atoms in total. The minimum atomic E-state index is -0.221. The standard InChI is InChI=1S/C13H27NO2/c1-10(15)7-8-14(6)11-9-12(2,3)16-13(11,4)5/h10-11,15H,7-9H2,1-6H3. The molecule has 1 rings (SSSR count). The Kier molecular flexibility index (Phi) is 4.04. The molecule has 1 fully saturated rings. The number of aliphatic hydroxyl groups excluding tert-OH is 1. The summed E-state index contributed by atoms with van der Waals surface area (Å²) in [7, 11) is 2.12. The summed E-state index contributed by atoms with van der Waals surface area (Å²) < 4.78 is 6.07. The van der Waals surface area contributed by atoms with Gasteiger partial charge in [-0.25, -0.2) is 0 Å². The summed E-state index contributed by atoms with van der Waals surface area (Å²) in [6.07, 6.45) is 1.65. The van der Waals surface area contributed by atoms with Crippen molar-refractivity contribution in [3.63, 3.8) is 0 Å². The highest BCUT2D eigenvalue weighted by atomic mass is 16.5. The van der Waals surface area contributed by atoms with Crippen LogP contribution in [-0.4, -0.2) is 46.9 Å². The summed E-state index contributed by atoms with van der Waals surface area (Å²) in [5.41, 5.74) is -0.135. The topological polar surface area (TPSA) is 32.7 Å². The Hall–Kier alpha value is -0.120. The number of nitrogens with zero attached hydrogens (tertiary/aromatic N) is 1. The van der Waals surface area contributed by atoms with Crippen molar-refractivity contribution in [1.82, 2.24) is 4.90 Å². The second kappa shape index (κ2) is 4.63. The summed E-state index contributed by atoms with van der Waals surface area (Å²) in [6, 6.07) is 0.432. The fourth-order valence-corrected chi connectivity index (χ4v) is 2.77. The monoisotopic (exact) mass is 229 g/mol. The molecular formula is C13H27NO2. The van der Waals surface area contributed by atoms with Crippen LogP contribution in [-0.2, 0) is 4.74 Å². The first-order chi connectivity index (χ1) is 7.14. The molecule has 2 unspecified atom stereocenters. The molecule has 0 aromatic rings. The van der Waals surface area contributed by atoms with Crippen LogP contribution in [0.5, 0.6) is 0 Å². The van der Waals surface area contributed by atoms with Gasteiger partial charge in [0.05, 0.1) is 17.3 Å². The SMILES string of the molecule is CC(O)CCN(C)C1CC(C)(C)OC1(C)C. The molecule has 1 heterocycles. The van der Waals surface area contributed by atoms with Crippen LogP contribution in [0.1, 0.15) is 47.5 Å². The first-order valence-corrected chi connectivity index (χ1v) is 6.22. The van der Waals surface area contributed by atoms with Crippen molar-refractivity contribution < 1.29 is 9.84 Å². The van der Waals surface area contributed by atoms with Gasteiger partial charge in [-0.2, -0.15) is 0 Å². The molecule has 2 atom stereocenters. The number of ether oxygens (including phenoxy) is 1. The Morgan fingerprint density at radius 2 is 1.94 bits per heavy atom. The zero-order valence-corrected chi connectivity index (χ0v) is 11.6. The van der Waals surface area contributed by atoms with Crippen molar-refractivity contribution in [1.29, 1.82) is 0 Å². The van der Waals surface area contributed by atoms with E-state index >= 15 is 0 Å². The van der Waals surface area contributed by atoms with Crippen molar-refractivity contribution in [3.05, 3.63) is 0 Å². The molecule has 0 saturated carbocycles. The highest BCUT2D eigenvalue weighted by Crippen LogP contribution is 2.39. The molecule has 0 bridgehead atoms. The molecule has 0 aromatic carbocycles. The van der Waals surface area contributed by atoms with Crippen molar-refractivity contribution in [2.75, 3.05) is 13.6 Å². The molecule has 1 aliphatic heterocycles. The molecule has 16 heavy (non-hydrogen) atoms. The van der Waals surface area contributed by atoms with Gasteiger partial charge < -0.3 is 14.7 Å². The van der Waals surface area contributed by atoms with Gasteiger partial charge in [-0.3, -0.25) is 0 Å². The second-order valence-corrected chi connectivity index (χ2v) is 6.30. The summed E-state index contributed by atoms with van der Waals surface area (Å²) in [5, 5.41) is 9.32. The van der Waals surface area contributed by atoms with E-state index in [1.165, 1.54) is 0 Å². The van der Waals surface area contributed by atoms with Gasteiger partial charge in [0.15, 0.2) is 0 Å². The molecule has 1 saturated heterocycles. The average Bonchev–Trinajstić information content (AvgIpc) is 2.30. The van der Waals surface area contributed by atoms with Crippen LogP contribution in [0.3, 0.4) is 0 Å². The van der Waals surface area contributed by atoms with E-state index in [9.17, 15) is 5.11 Å². The Bertz CT molecular complexity index is 236. The van der Waals surface area contributed by atoms with Gasteiger partial charge in [-0.1, -0.05) is 0 Å². The van der Waals surface area contributed by atoms with E-state index in [2.05, 4.69) is 39.6 Å². The summed E-state index contributed by atoms with van der Waals surface area (Å²) in [4.78, 5) is 2.32. The van der Waals surface area contributed by atoms with E-state index in [1.54, 1.807) is 0 Å². The minimum absolute atomic E-state index is 0.0345. The first kappa shape index (κ1) is 13.9. The quantitative estimate of drug-likeness (QED) is 0.800. The van der Waals surface area contributed by atoms with Gasteiger partial charge >= 0.3 is 0 Å². The van der Waals surface area contributed by atoms with Crippen LogP contribution in [0.2, 0.25) is 0 Å². The largest absolute Gasteiger partial charge is 0.393 e. The van der Waals surface area contributed by atoms with Crippen LogP contribution in [0.4, 0.5) is 0 Å². The van der Waals surface area contributed by atoms with Crippen LogP contribution in [0.25, 0.3) is 0 Å². The molecule has 0 aromatic heterocycles. The van der Waals surface area contributed by atoms with Crippen LogP contribution in [0.15, 0.2) is 0 Å². The Morgan fingerprint density at radius 3 is 2.31 bits per heavy atom. The van der Waals surface area contributed by atoms with Gasteiger partial charge in [0.2, 0.25) is 0 Å². The maximum absolute atomic E-state index is 9.32. The molecule has 1 N–H and O–H groups in total. The third kappa shape index (κ3) is 3.44. The fraction of sp³-hybridized carbons (Fsp3) is 1.00. The van der Waals surface area contributed by atoms with Crippen LogP contribution < -0.4 is 0 Å². The third-order valence-corrected chi connectivity index (χ3v) is 3.46. The van der Waals surface area contributed by atoms with Crippen molar-refractivity contribution in [3.8, 4) is 0 Å². The predicted octanol–water partition coefficient (Wildman–Crippen LogP) is 2.04. The van der Waals surface area contributed by atoms with Gasteiger partial charge in [0, 0.05) is 12.6 Å². The molecule has 3 heteroatoms. The zero-order valence-electron chi connectivity index (χ0n) is 11.6. The van der Waals surface area contributed by atoms with Gasteiger partial charge in [0.1, 0.15) is 0 Å². The normalized spacial score (nSPS) is 29.6. The third-order valence-electron chi connectivity index (χ3n) is 3.46. The Morgan fingerprint density at radius 1 is 1.38 bits per heavy atom. The molecule has 96 valence electrons. The fourth-order valence-electron chi connectivity index (χ4n) is 2.77. The van der Waals surface area contributed by atoms with Gasteiger partial charge in [-0.05, 0) is 54.5 Å². The predicted molar refractivity (Wildman–Crippen MR) is 66.6 cm³/mol. The lowest BCUT2D eigenvalue weighted by Gasteiger charge is -2.34. The number of hydrogen-bond donors (Lipinski definition) is 1. The molecule has 0 radical (unpaired) electrons. The van der Waals surface area contributed by atoms with E-state index in [-0.39, 0.29) is 17.3 Å². The maximum atomic E-state index is 9.32. The van der Waals surface area contributed by atoms with Crippen molar-refractivity contribution >= 4 is 0 Å². The van der Waals surface area contributed by atoms with Crippen molar-refractivity contribution in [2.24, 2.45) is 0 Å². The number of likely N-dealkylation sites (N-methyl/N-ethyl adjacent to an activating group) is 1. The average molecular weight is 229 g/mol. The highest BCUT2D eigenvalue weighted by Gasteiger charge is 2.47. The van der Waals surface area contributed by atoms with E-state index in [1.807, 2.05) is 6.92 Å². The molecule has 1 aliphatic rings. The lowest BCUT2D eigenvalue weighted by atomic mass is 9.93. The van der Waals surface area contributed by atoms with Crippen LogP contribution >= 0.6 is 0 Å². The Balaban J connectivity index is 2.59. The van der Waals surface area contributed by atoms with Gasteiger partial charge in [-0.15, -0.1) is 0 Å². The first-order valence-electron chi connectivity index (χ1n) is 6.22. The summed E-state index contributed by atoms with van der Waals surface area (Å²) in [5.74, 6) is 0. The lowest BCUT2D eigenvalue weighted by molar-refractivity contribution is -0.0790. The Labute approximate surface area is 99.8 Å². The van der Waals surface area contributed by atoms with Crippen molar-refractivity contribution in [2.45, 2.75) is 70.8 Å². The van der Waals surface area contributed by atoms with E-state index in [0.717, 1.165) is 19.4 Å². The van der Waals surface area contributed by atoms with E-state index < -0.39 is 0 Å². The molecule has 0 amide bonds. The second-order valence-electron chi connectivity index (χ2n) is 6.30. The van der Waals surface area contributed by atoms with E-state index in [4.69, 9.17) is 4.74 Å². The highest BCUT2D eigenvalue weighted by molar-refractivity contribution is 4.99. The van der Waals surface area contributed by atoms with Gasteiger partial charge in [0.25, 0.3) is 0 Å².